The monoisotopic (exact) mass is 200 g/mol. The molecule has 14 heavy (non-hydrogen) atoms. The first-order valence-corrected chi connectivity index (χ1v) is 5.32. The third-order valence-electron chi connectivity index (χ3n) is 2.49. The van der Waals surface area contributed by atoms with Crippen LogP contribution < -0.4 is 5.32 Å². The summed E-state index contributed by atoms with van der Waals surface area (Å²) in [6, 6.07) is 0.281. The predicted molar refractivity (Wildman–Crippen MR) is 55.2 cm³/mol. The summed E-state index contributed by atoms with van der Waals surface area (Å²) >= 11 is 0. The van der Waals surface area contributed by atoms with Gasteiger partial charge in [-0.2, -0.15) is 0 Å². The number of nitrogens with one attached hydrogen (secondary N) is 1. The third-order valence-corrected chi connectivity index (χ3v) is 2.49. The second-order valence-electron chi connectivity index (χ2n) is 3.77. The van der Waals surface area contributed by atoms with Crippen LogP contribution in [0.25, 0.3) is 0 Å². The number of carbonyl (C=O) groups excluding carboxylic acids is 1. The smallest absolute Gasteiger partial charge is 0.234 e. The maximum absolute atomic E-state index is 11.5. The first kappa shape index (κ1) is 11.5. The highest BCUT2D eigenvalue weighted by Crippen LogP contribution is 1.96. The Morgan fingerprint density at radius 3 is 2.71 bits per heavy atom. The van der Waals surface area contributed by atoms with E-state index in [-0.39, 0.29) is 11.9 Å². The van der Waals surface area contributed by atoms with Crippen LogP contribution in [-0.4, -0.2) is 49.7 Å². The van der Waals surface area contributed by atoms with Crippen LogP contribution in [0.15, 0.2) is 0 Å². The normalized spacial score (nSPS) is 20.4. The Balaban J connectivity index is 2.18. The molecule has 0 aliphatic carbocycles. The topological polar surface area (TPSA) is 41.6 Å². The number of morpholine rings is 1. The van der Waals surface area contributed by atoms with Gasteiger partial charge in [0.1, 0.15) is 0 Å². The fourth-order valence-electron chi connectivity index (χ4n) is 1.38. The molecule has 0 bridgehead atoms. The molecule has 1 saturated heterocycles. The van der Waals surface area contributed by atoms with Gasteiger partial charge in [0.15, 0.2) is 0 Å². The number of carbonyl (C=O) groups is 1. The number of ether oxygens (including phenoxy) is 1. The molecule has 0 aromatic carbocycles. The summed E-state index contributed by atoms with van der Waals surface area (Å²) in [5, 5.41) is 2.96. The van der Waals surface area contributed by atoms with Crippen LogP contribution >= 0.6 is 0 Å². The maximum atomic E-state index is 11.5. The minimum absolute atomic E-state index is 0.126. The van der Waals surface area contributed by atoms with Gasteiger partial charge in [0.25, 0.3) is 0 Å². The Morgan fingerprint density at radius 2 is 2.14 bits per heavy atom. The van der Waals surface area contributed by atoms with Crippen molar-refractivity contribution < 1.29 is 9.53 Å². The number of amides is 1. The fraction of sp³-hybridized carbons (Fsp3) is 0.900. The van der Waals surface area contributed by atoms with Crippen LogP contribution in [-0.2, 0) is 9.53 Å². The number of hydrogen-bond donors (Lipinski definition) is 1. The van der Waals surface area contributed by atoms with Crippen LogP contribution in [0.3, 0.4) is 0 Å². The van der Waals surface area contributed by atoms with Crippen molar-refractivity contribution in [2.75, 3.05) is 32.8 Å². The van der Waals surface area contributed by atoms with Crippen molar-refractivity contribution in [1.82, 2.24) is 10.2 Å². The van der Waals surface area contributed by atoms with E-state index in [2.05, 4.69) is 17.1 Å². The van der Waals surface area contributed by atoms with E-state index in [4.69, 9.17) is 4.74 Å². The Bertz CT molecular complexity index is 179. The van der Waals surface area contributed by atoms with Gasteiger partial charge < -0.3 is 10.1 Å². The quantitative estimate of drug-likeness (QED) is 0.706. The summed E-state index contributed by atoms with van der Waals surface area (Å²) in [5.41, 5.74) is 0. The van der Waals surface area contributed by atoms with Crippen molar-refractivity contribution in [3.8, 4) is 0 Å². The van der Waals surface area contributed by atoms with Gasteiger partial charge in [-0.15, -0.1) is 0 Å². The van der Waals surface area contributed by atoms with Crippen molar-refractivity contribution >= 4 is 5.91 Å². The Morgan fingerprint density at radius 1 is 1.50 bits per heavy atom. The third kappa shape index (κ3) is 4.07. The zero-order valence-corrected chi connectivity index (χ0v) is 9.08. The van der Waals surface area contributed by atoms with Gasteiger partial charge >= 0.3 is 0 Å². The Hall–Kier alpha value is -0.610. The molecule has 1 heterocycles. The average molecular weight is 200 g/mol. The number of rotatable bonds is 4. The molecule has 1 atom stereocenters. The van der Waals surface area contributed by atoms with Gasteiger partial charge in [0.2, 0.25) is 5.91 Å². The molecule has 1 aliphatic heterocycles. The van der Waals surface area contributed by atoms with Crippen LogP contribution in [0.1, 0.15) is 20.3 Å². The first-order chi connectivity index (χ1) is 6.72. The summed E-state index contributed by atoms with van der Waals surface area (Å²) in [6.07, 6.45) is 0.981. The van der Waals surface area contributed by atoms with Crippen molar-refractivity contribution in [3.63, 3.8) is 0 Å². The second kappa shape index (κ2) is 5.98. The van der Waals surface area contributed by atoms with Gasteiger partial charge in [-0.1, -0.05) is 6.92 Å². The van der Waals surface area contributed by atoms with Gasteiger partial charge in [-0.3, -0.25) is 9.69 Å². The predicted octanol–water partition coefficient (Wildman–Crippen LogP) is 0.233. The highest BCUT2D eigenvalue weighted by Gasteiger charge is 2.14. The molecular formula is C10H20N2O2. The first-order valence-electron chi connectivity index (χ1n) is 5.32. The molecule has 0 unspecified atom stereocenters. The summed E-state index contributed by atoms with van der Waals surface area (Å²) in [5.74, 6) is 0.126. The average Bonchev–Trinajstić information content (AvgIpc) is 2.19. The lowest BCUT2D eigenvalue weighted by atomic mass is 10.2. The molecule has 1 amide bonds. The van der Waals surface area contributed by atoms with E-state index < -0.39 is 0 Å². The summed E-state index contributed by atoms with van der Waals surface area (Å²) in [4.78, 5) is 13.6. The molecule has 4 nitrogen and oxygen atoms in total. The number of hydrogen-bond acceptors (Lipinski definition) is 3. The van der Waals surface area contributed by atoms with Gasteiger partial charge in [0, 0.05) is 19.1 Å². The maximum Gasteiger partial charge on any atom is 0.234 e. The lowest BCUT2D eigenvalue weighted by Gasteiger charge is -2.26. The standard InChI is InChI=1S/C10H20N2O2/c1-3-9(2)11-10(13)8-12-4-6-14-7-5-12/h9H,3-8H2,1-2H3,(H,11,13)/t9-/m1/s1. The van der Waals surface area contributed by atoms with Gasteiger partial charge in [-0.05, 0) is 13.3 Å². The Labute approximate surface area is 85.6 Å². The van der Waals surface area contributed by atoms with E-state index in [9.17, 15) is 4.79 Å². The lowest BCUT2D eigenvalue weighted by molar-refractivity contribution is -0.123. The summed E-state index contributed by atoms with van der Waals surface area (Å²) in [7, 11) is 0. The zero-order chi connectivity index (χ0) is 10.4. The van der Waals surface area contributed by atoms with E-state index >= 15 is 0 Å². The molecule has 0 aromatic heterocycles. The molecule has 4 heteroatoms. The zero-order valence-electron chi connectivity index (χ0n) is 9.08. The molecule has 0 radical (unpaired) electrons. The minimum atomic E-state index is 0.126. The van der Waals surface area contributed by atoms with Crippen LogP contribution in [0.5, 0.6) is 0 Å². The van der Waals surface area contributed by atoms with Crippen molar-refractivity contribution in [3.05, 3.63) is 0 Å². The second-order valence-corrected chi connectivity index (χ2v) is 3.77. The molecule has 0 saturated carbocycles. The van der Waals surface area contributed by atoms with Crippen LogP contribution in [0.2, 0.25) is 0 Å². The van der Waals surface area contributed by atoms with Gasteiger partial charge in [-0.25, -0.2) is 0 Å². The number of nitrogens with zero attached hydrogens (tertiary/aromatic N) is 1. The lowest BCUT2D eigenvalue weighted by Crippen LogP contribution is -2.45. The molecular weight excluding hydrogens is 180 g/mol. The van der Waals surface area contributed by atoms with E-state index in [1.54, 1.807) is 0 Å². The molecule has 1 fully saturated rings. The Kier molecular flexibility index (Phi) is 4.90. The molecule has 0 aromatic rings. The molecule has 1 N–H and O–H groups in total. The van der Waals surface area contributed by atoms with E-state index in [0.29, 0.717) is 6.54 Å². The molecule has 1 aliphatic rings. The van der Waals surface area contributed by atoms with Crippen LogP contribution in [0.4, 0.5) is 0 Å². The van der Waals surface area contributed by atoms with Crippen LogP contribution in [0, 0.1) is 0 Å². The van der Waals surface area contributed by atoms with Gasteiger partial charge in [0.05, 0.1) is 19.8 Å². The van der Waals surface area contributed by atoms with Crippen molar-refractivity contribution in [1.29, 1.82) is 0 Å². The van der Waals surface area contributed by atoms with Crippen molar-refractivity contribution in [2.45, 2.75) is 26.3 Å². The highest BCUT2D eigenvalue weighted by atomic mass is 16.5. The minimum Gasteiger partial charge on any atom is -0.379 e. The molecule has 82 valence electrons. The van der Waals surface area contributed by atoms with Crippen molar-refractivity contribution in [2.24, 2.45) is 0 Å². The van der Waals surface area contributed by atoms with E-state index in [0.717, 1.165) is 32.7 Å². The summed E-state index contributed by atoms with van der Waals surface area (Å²) < 4.78 is 5.21. The molecule has 1 rings (SSSR count). The van der Waals surface area contributed by atoms with E-state index in [1.165, 1.54) is 0 Å². The largest absolute Gasteiger partial charge is 0.379 e. The highest BCUT2D eigenvalue weighted by molar-refractivity contribution is 5.78. The molecule has 0 spiro atoms. The van der Waals surface area contributed by atoms with E-state index in [1.807, 2.05) is 6.92 Å². The summed E-state index contributed by atoms with van der Waals surface area (Å²) in [6.45, 7) is 7.83. The fourth-order valence-corrected chi connectivity index (χ4v) is 1.38. The SMILES string of the molecule is CC[C@@H](C)NC(=O)CN1CCOCC1.